The maximum absolute atomic E-state index is 13.4. The Kier molecular flexibility index (Phi) is 7.38. The van der Waals surface area contributed by atoms with Crippen molar-refractivity contribution in [1.29, 1.82) is 0 Å². The van der Waals surface area contributed by atoms with Gasteiger partial charge in [-0.05, 0) is 49.2 Å². The molecule has 35 heavy (non-hydrogen) atoms. The maximum Gasteiger partial charge on any atom is 0.417 e. The summed E-state index contributed by atoms with van der Waals surface area (Å²) in [6.07, 6.45) is -1.11. The van der Waals surface area contributed by atoms with Crippen LogP contribution in [0.1, 0.15) is 24.2 Å². The molecule has 4 rings (SSSR count). The monoisotopic (exact) mass is 486 g/mol. The lowest BCUT2D eigenvalue weighted by Gasteiger charge is -2.34. The van der Waals surface area contributed by atoms with Crippen molar-refractivity contribution in [3.63, 3.8) is 0 Å². The minimum Gasteiger partial charge on any atom is -0.467 e. The van der Waals surface area contributed by atoms with E-state index in [0.29, 0.717) is 43.2 Å². The fourth-order valence-corrected chi connectivity index (χ4v) is 4.05. The number of nitrogens with one attached hydrogen (secondary N) is 1. The third-order valence-electron chi connectivity index (χ3n) is 5.87. The number of amides is 2. The number of furan rings is 1. The van der Waals surface area contributed by atoms with Crippen LogP contribution in [0.25, 0.3) is 0 Å². The second-order valence-electron chi connectivity index (χ2n) is 8.35. The van der Waals surface area contributed by atoms with E-state index in [1.54, 1.807) is 36.4 Å². The first-order valence-electron chi connectivity index (χ1n) is 11.2. The van der Waals surface area contributed by atoms with E-state index in [9.17, 15) is 22.8 Å². The highest BCUT2D eigenvalue weighted by Gasteiger charge is 2.32. The van der Waals surface area contributed by atoms with Gasteiger partial charge in [0.2, 0.25) is 11.8 Å². The summed E-state index contributed by atoms with van der Waals surface area (Å²) in [4.78, 5) is 33.3. The molecule has 10 heteroatoms. The van der Waals surface area contributed by atoms with E-state index >= 15 is 0 Å². The van der Waals surface area contributed by atoms with Crippen LogP contribution in [0.3, 0.4) is 0 Å². The second-order valence-corrected chi connectivity index (χ2v) is 8.35. The molecule has 1 aromatic carbocycles. The molecule has 1 saturated heterocycles. The molecule has 0 spiro atoms. The van der Waals surface area contributed by atoms with Gasteiger partial charge in [-0.2, -0.15) is 13.2 Å². The first kappa shape index (κ1) is 24.3. The number of halogens is 3. The van der Waals surface area contributed by atoms with Crippen LogP contribution in [0.4, 0.5) is 24.7 Å². The Morgan fingerprint density at radius 1 is 1.06 bits per heavy atom. The minimum atomic E-state index is -4.44. The van der Waals surface area contributed by atoms with Crippen molar-refractivity contribution in [2.75, 3.05) is 29.9 Å². The van der Waals surface area contributed by atoms with E-state index in [4.69, 9.17) is 4.42 Å². The van der Waals surface area contributed by atoms with E-state index in [1.165, 1.54) is 17.2 Å². The van der Waals surface area contributed by atoms with Crippen LogP contribution in [0, 0.1) is 5.92 Å². The molecular weight excluding hydrogens is 461 g/mol. The van der Waals surface area contributed by atoms with Crippen LogP contribution in [0.5, 0.6) is 0 Å². The van der Waals surface area contributed by atoms with Crippen LogP contribution >= 0.6 is 0 Å². The predicted octanol–water partition coefficient (Wildman–Crippen LogP) is 4.58. The molecule has 0 saturated carbocycles. The molecule has 2 amide bonds. The van der Waals surface area contributed by atoms with Gasteiger partial charge in [-0.15, -0.1) is 0 Å². The van der Waals surface area contributed by atoms with Gasteiger partial charge in [-0.1, -0.05) is 18.2 Å². The van der Waals surface area contributed by atoms with Crippen LogP contribution in [-0.2, 0) is 22.3 Å². The maximum atomic E-state index is 13.4. The van der Waals surface area contributed by atoms with E-state index in [0.717, 1.165) is 12.3 Å². The van der Waals surface area contributed by atoms with Crippen molar-refractivity contribution in [3.05, 3.63) is 78.4 Å². The zero-order valence-corrected chi connectivity index (χ0v) is 18.9. The largest absolute Gasteiger partial charge is 0.467 e. The van der Waals surface area contributed by atoms with Crippen molar-refractivity contribution in [3.8, 4) is 0 Å². The first-order valence-corrected chi connectivity index (χ1v) is 11.2. The summed E-state index contributed by atoms with van der Waals surface area (Å²) < 4.78 is 43.8. The number of rotatable bonds is 7. The molecule has 3 heterocycles. The molecular formula is C25H25F3N4O3. The van der Waals surface area contributed by atoms with E-state index in [2.05, 4.69) is 10.3 Å². The van der Waals surface area contributed by atoms with Crippen molar-refractivity contribution >= 4 is 23.3 Å². The number of piperidine rings is 1. The molecule has 3 aromatic rings. The van der Waals surface area contributed by atoms with Crippen molar-refractivity contribution in [2.24, 2.45) is 5.92 Å². The molecule has 0 aliphatic carbocycles. The second kappa shape index (κ2) is 10.6. The number of nitrogens with zero attached hydrogens (tertiary/aromatic N) is 3. The van der Waals surface area contributed by atoms with Gasteiger partial charge in [0.25, 0.3) is 0 Å². The van der Waals surface area contributed by atoms with E-state index in [1.807, 2.05) is 11.0 Å². The number of carbonyl (C=O) groups excluding carboxylic acids is 2. The quantitative estimate of drug-likeness (QED) is 0.529. The normalized spacial score (nSPS) is 14.5. The van der Waals surface area contributed by atoms with Crippen LogP contribution in [0.15, 0.2) is 71.5 Å². The Bertz CT molecular complexity index is 1110. The number of anilines is 2. The fraction of sp³-hybridized carbons (Fsp3) is 0.320. The van der Waals surface area contributed by atoms with Crippen LogP contribution in [-0.4, -0.2) is 41.3 Å². The topological polar surface area (TPSA) is 78.7 Å². The third-order valence-corrected chi connectivity index (χ3v) is 5.87. The van der Waals surface area contributed by atoms with Crippen molar-refractivity contribution in [2.45, 2.75) is 25.6 Å². The van der Waals surface area contributed by atoms with Gasteiger partial charge in [-0.25, -0.2) is 4.98 Å². The third kappa shape index (κ3) is 6.40. The summed E-state index contributed by atoms with van der Waals surface area (Å²) >= 11 is 0. The minimum absolute atomic E-state index is 0.130. The molecule has 7 nitrogen and oxygen atoms in total. The first-order chi connectivity index (χ1) is 16.8. The number of benzene rings is 1. The predicted molar refractivity (Wildman–Crippen MR) is 123 cm³/mol. The molecule has 1 fully saturated rings. The molecule has 0 atom stereocenters. The molecule has 1 N–H and O–H groups in total. The van der Waals surface area contributed by atoms with Gasteiger partial charge < -0.3 is 19.5 Å². The van der Waals surface area contributed by atoms with Gasteiger partial charge in [0.05, 0.1) is 18.4 Å². The Hall–Kier alpha value is -3.82. The van der Waals surface area contributed by atoms with Gasteiger partial charge >= 0.3 is 6.18 Å². The molecule has 1 aliphatic rings. The summed E-state index contributed by atoms with van der Waals surface area (Å²) in [5, 5.41) is 2.79. The summed E-state index contributed by atoms with van der Waals surface area (Å²) in [5.74, 6) is 0.211. The lowest BCUT2D eigenvalue weighted by molar-refractivity contribution is -0.140. The van der Waals surface area contributed by atoms with Crippen LogP contribution in [0.2, 0.25) is 0 Å². The zero-order valence-electron chi connectivity index (χ0n) is 18.9. The van der Waals surface area contributed by atoms with E-state index in [-0.39, 0.29) is 30.8 Å². The highest BCUT2D eigenvalue weighted by Crippen LogP contribution is 2.30. The molecule has 184 valence electrons. The number of alkyl halides is 3. The van der Waals surface area contributed by atoms with Gasteiger partial charge in [0, 0.05) is 30.9 Å². The molecule has 0 bridgehead atoms. The van der Waals surface area contributed by atoms with Gasteiger partial charge in [0.15, 0.2) is 0 Å². The number of aromatic nitrogens is 1. The molecule has 0 unspecified atom stereocenters. The average molecular weight is 486 g/mol. The Labute approximate surface area is 200 Å². The lowest BCUT2D eigenvalue weighted by atomic mass is 9.95. The van der Waals surface area contributed by atoms with Gasteiger partial charge in [-0.3, -0.25) is 9.59 Å². The number of carbonyl (C=O) groups is 2. The standard InChI is InChI=1S/C25H25F3N4O3/c26-25(27,28)19-8-9-22(29-15-19)31-12-10-18(11-13-31)24(34)32(16-21-7-4-14-35-21)17-23(33)30-20-5-2-1-3-6-20/h1-9,14-15,18H,10-13,16-17H2,(H,30,33). The highest BCUT2D eigenvalue weighted by molar-refractivity contribution is 5.94. The number of pyridine rings is 1. The Balaban J connectivity index is 1.38. The van der Waals surface area contributed by atoms with Crippen molar-refractivity contribution < 1.29 is 27.2 Å². The zero-order chi connectivity index (χ0) is 24.8. The molecule has 1 aliphatic heterocycles. The number of hydrogen-bond acceptors (Lipinski definition) is 5. The highest BCUT2D eigenvalue weighted by atomic mass is 19.4. The van der Waals surface area contributed by atoms with Crippen molar-refractivity contribution in [1.82, 2.24) is 9.88 Å². The van der Waals surface area contributed by atoms with E-state index < -0.39 is 11.7 Å². The molecule has 2 aromatic heterocycles. The number of hydrogen-bond donors (Lipinski definition) is 1. The fourth-order valence-electron chi connectivity index (χ4n) is 4.05. The number of para-hydroxylation sites is 1. The Morgan fingerprint density at radius 2 is 1.80 bits per heavy atom. The summed E-state index contributed by atoms with van der Waals surface area (Å²) in [7, 11) is 0. The van der Waals surface area contributed by atoms with Crippen LogP contribution < -0.4 is 10.2 Å². The summed E-state index contributed by atoms with van der Waals surface area (Å²) in [6.45, 7) is 0.975. The summed E-state index contributed by atoms with van der Waals surface area (Å²) in [6, 6.07) is 14.8. The molecule has 0 radical (unpaired) electrons. The SMILES string of the molecule is O=C(CN(Cc1ccco1)C(=O)C1CCN(c2ccc(C(F)(F)F)cn2)CC1)Nc1ccccc1. The lowest BCUT2D eigenvalue weighted by Crippen LogP contribution is -2.45. The Morgan fingerprint density at radius 3 is 2.40 bits per heavy atom. The smallest absolute Gasteiger partial charge is 0.417 e. The average Bonchev–Trinajstić information content (AvgIpc) is 3.37. The van der Waals surface area contributed by atoms with Gasteiger partial charge in [0.1, 0.15) is 18.1 Å². The summed E-state index contributed by atoms with van der Waals surface area (Å²) in [5.41, 5.74) is -0.158.